The van der Waals surface area contributed by atoms with Crippen LogP contribution < -0.4 is 0 Å². The minimum Gasteiger partial charge on any atom is -0.459 e. The number of cyclic esters (lactones) is 1. The van der Waals surface area contributed by atoms with Gasteiger partial charge in [0.25, 0.3) is 0 Å². The molecule has 0 aromatic carbocycles. The zero-order chi connectivity index (χ0) is 9.10. The lowest BCUT2D eigenvalue weighted by Gasteiger charge is -2.30. The van der Waals surface area contributed by atoms with Gasteiger partial charge in [0.15, 0.2) is 0 Å². The van der Waals surface area contributed by atoms with Crippen LogP contribution in [-0.2, 0) is 9.53 Å². The fourth-order valence-corrected chi connectivity index (χ4v) is 2.33. The molecule has 0 N–H and O–H groups in total. The smallest absolute Gasteiger partial charge is 0.330 e. The Morgan fingerprint density at radius 3 is 2.69 bits per heavy atom. The maximum atomic E-state index is 11.0. The van der Waals surface area contributed by atoms with Crippen LogP contribution in [0.15, 0.2) is 12.2 Å². The average molecular weight is 180 g/mol. The fourth-order valence-electron chi connectivity index (χ4n) is 2.33. The van der Waals surface area contributed by atoms with Crippen LogP contribution in [-0.4, -0.2) is 12.1 Å². The molecule has 1 fully saturated rings. The van der Waals surface area contributed by atoms with Crippen LogP contribution in [0.3, 0.4) is 0 Å². The second-order valence-electron chi connectivity index (χ2n) is 4.01. The number of rotatable bonds is 1. The molecule has 0 aromatic rings. The molecule has 2 heteroatoms. The Bertz CT molecular complexity index is 214. The fraction of sp³-hybridized carbons (Fsp3) is 0.727. The Balaban J connectivity index is 1.92. The molecule has 0 amide bonds. The Morgan fingerprint density at radius 2 is 2.00 bits per heavy atom. The van der Waals surface area contributed by atoms with Crippen LogP contribution >= 0.6 is 0 Å². The average Bonchev–Trinajstić information content (AvgIpc) is 2.19. The number of ether oxygens (including phenoxy) is 1. The second kappa shape index (κ2) is 3.95. The van der Waals surface area contributed by atoms with Gasteiger partial charge in [-0.25, -0.2) is 4.79 Å². The van der Waals surface area contributed by atoms with Crippen molar-refractivity contribution in [1.82, 2.24) is 0 Å². The molecular formula is C11H16O2. The van der Waals surface area contributed by atoms with E-state index in [1.165, 1.54) is 32.1 Å². The molecule has 1 saturated carbocycles. The van der Waals surface area contributed by atoms with Crippen molar-refractivity contribution in [3.63, 3.8) is 0 Å². The molecule has 0 bridgehead atoms. The van der Waals surface area contributed by atoms with Gasteiger partial charge in [0.1, 0.15) is 6.10 Å². The summed E-state index contributed by atoms with van der Waals surface area (Å²) in [5.41, 5.74) is 0. The Kier molecular flexibility index (Phi) is 2.67. The van der Waals surface area contributed by atoms with E-state index in [4.69, 9.17) is 4.74 Å². The van der Waals surface area contributed by atoms with E-state index in [-0.39, 0.29) is 12.1 Å². The maximum Gasteiger partial charge on any atom is 0.330 e. The van der Waals surface area contributed by atoms with E-state index in [1.54, 1.807) is 6.08 Å². The predicted octanol–water partition coefficient (Wildman–Crippen LogP) is 2.44. The van der Waals surface area contributed by atoms with Crippen molar-refractivity contribution in [3.8, 4) is 0 Å². The van der Waals surface area contributed by atoms with Crippen molar-refractivity contribution in [3.05, 3.63) is 12.2 Å². The Labute approximate surface area is 79.0 Å². The minimum atomic E-state index is -0.151. The van der Waals surface area contributed by atoms with Crippen LogP contribution in [0, 0.1) is 5.92 Å². The molecule has 0 saturated heterocycles. The van der Waals surface area contributed by atoms with Crippen molar-refractivity contribution in [2.24, 2.45) is 5.92 Å². The summed E-state index contributed by atoms with van der Waals surface area (Å²) in [5, 5.41) is 0. The first-order chi connectivity index (χ1) is 6.36. The summed E-state index contributed by atoms with van der Waals surface area (Å²) in [5.74, 6) is 0.476. The summed E-state index contributed by atoms with van der Waals surface area (Å²) in [6.07, 6.45) is 11.0. The summed E-state index contributed by atoms with van der Waals surface area (Å²) >= 11 is 0. The third-order valence-corrected chi connectivity index (χ3v) is 3.07. The Hall–Kier alpha value is -0.790. The molecule has 1 aliphatic carbocycles. The highest BCUT2D eigenvalue weighted by atomic mass is 16.5. The number of carbonyl (C=O) groups is 1. The molecule has 1 aliphatic heterocycles. The molecule has 0 radical (unpaired) electrons. The molecule has 1 heterocycles. The van der Waals surface area contributed by atoms with Crippen LogP contribution in [0.25, 0.3) is 0 Å². The van der Waals surface area contributed by atoms with Gasteiger partial charge in [0, 0.05) is 12.5 Å². The first-order valence-corrected chi connectivity index (χ1v) is 5.23. The third kappa shape index (κ3) is 2.11. The minimum absolute atomic E-state index is 0.151. The van der Waals surface area contributed by atoms with Crippen molar-refractivity contribution in [2.75, 3.05) is 0 Å². The highest BCUT2D eigenvalue weighted by Crippen LogP contribution is 2.30. The zero-order valence-electron chi connectivity index (χ0n) is 7.87. The van der Waals surface area contributed by atoms with Crippen molar-refractivity contribution >= 4 is 5.97 Å². The molecule has 0 aromatic heterocycles. The van der Waals surface area contributed by atoms with Gasteiger partial charge >= 0.3 is 5.97 Å². The standard InChI is InChI=1S/C11H16O2/c12-11-8-4-7-10(13-11)9-5-2-1-3-6-9/h4,8-10H,1-3,5-7H2. The molecule has 0 spiro atoms. The van der Waals surface area contributed by atoms with Crippen LogP contribution in [0.4, 0.5) is 0 Å². The van der Waals surface area contributed by atoms with Gasteiger partial charge in [-0.1, -0.05) is 25.3 Å². The van der Waals surface area contributed by atoms with Gasteiger partial charge < -0.3 is 4.74 Å². The highest BCUT2D eigenvalue weighted by molar-refractivity contribution is 5.82. The van der Waals surface area contributed by atoms with Crippen LogP contribution in [0.1, 0.15) is 38.5 Å². The Morgan fingerprint density at radius 1 is 1.23 bits per heavy atom. The SMILES string of the molecule is O=C1C=CCC(C2CCCCC2)O1. The lowest BCUT2D eigenvalue weighted by atomic mass is 9.83. The summed E-state index contributed by atoms with van der Waals surface area (Å²) < 4.78 is 5.30. The number of esters is 1. The molecule has 2 nitrogen and oxygen atoms in total. The summed E-state index contributed by atoms with van der Waals surface area (Å²) in [7, 11) is 0. The molecular weight excluding hydrogens is 164 g/mol. The van der Waals surface area contributed by atoms with E-state index in [2.05, 4.69) is 0 Å². The predicted molar refractivity (Wildman–Crippen MR) is 50.2 cm³/mol. The monoisotopic (exact) mass is 180 g/mol. The van der Waals surface area contributed by atoms with Gasteiger partial charge in [-0.15, -0.1) is 0 Å². The van der Waals surface area contributed by atoms with Crippen LogP contribution in [0.5, 0.6) is 0 Å². The van der Waals surface area contributed by atoms with E-state index < -0.39 is 0 Å². The largest absolute Gasteiger partial charge is 0.459 e. The van der Waals surface area contributed by atoms with E-state index in [0.717, 1.165) is 6.42 Å². The van der Waals surface area contributed by atoms with Crippen molar-refractivity contribution in [2.45, 2.75) is 44.6 Å². The topological polar surface area (TPSA) is 26.3 Å². The number of carbonyl (C=O) groups excluding carboxylic acids is 1. The summed E-state index contributed by atoms with van der Waals surface area (Å²) in [6, 6.07) is 0. The van der Waals surface area contributed by atoms with E-state index in [1.807, 2.05) is 6.08 Å². The summed E-state index contributed by atoms with van der Waals surface area (Å²) in [6.45, 7) is 0. The van der Waals surface area contributed by atoms with Crippen LogP contribution in [0.2, 0.25) is 0 Å². The normalized spacial score (nSPS) is 30.2. The lowest BCUT2D eigenvalue weighted by molar-refractivity contribution is -0.147. The third-order valence-electron chi connectivity index (χ3n) is 3.07. The van der Waals surface area contributed by atoms with Gasteiger partial charge in [-0.2, -0.15) is 0 Å². The first-order valence-electron chi connectivity index (χ1n) is 5.23. The lowest BCUT2D eigenvalue weighted by Crippen LogP contribution is -2.29. The van der Waals surface area contributed by atoms with Gasteiger partial charge in [0.2, 0.25) is 0 Å². The van der Waals surface area contributed by atoms with E-state index in [0.29, 0.717) is 5.92 Å². The zero-order valence-corrected chi connectivity index (χ0v) is 7.87. The molecule has 1 atom stereocenters. The summed E-state index contributed by atoms with van der Waals surface area (Å²) in [4.78, 5) is 11.0. The first kappa shape index (κ1) is 8.79. The second-order valence-corrected chi connectivity index (χ2v) is 4.01. The molecule has 13 heavy (non-hydrogen) atoms. The quantitative estimate of drug-likeness (QED) is 0.579. The highest BCUT2D eigenvalue weighted by Gasteiger charge is 2.27. The molecule has 72 valence electrons. The van der Waals surface area contributed by atoms with Gasteiger partial charge in [-0.3, -0.25) is 0 Å². The molecule has 2 aliphatic rings. The molecule has 2 rings (SSSR count). The van der Waals surface area contributed by atoms with Crippen molar-refractivity contribution in [1.29, 1.82) is 0 Å². The van der Waals surface area contributed by atoms with E-state index in [9.17, 15) is 4.79 Å². The maximum absolute atomic E-state index is 11.0. The van der Waals surface area contributed by atoms with Crippen molar-refractivity contribution < 1.29 is 9.53 Å². The van der Waals surface area contributed by atoms with Gasteiger partial charge in [0.05, 0.1) is 0 Å². The molecule has 1 unspecified atom stereocenters. The van der Waals surface area contributed by atoms with Gasteiger partial charge in [-0.05, 0) is 18.8 Å². The number of hydrogen-bond donors (Lipinski definition) is 0. The number of hydrogen-bond acceptors (Lipinski definition) is 2. The van der Waals surface area contributed by atoms with E-state index >= 15 is 0 Å².